The number of hydrogen-bond donors (Lipinski definition) is 2. The van der Waals surface area contributed by atoms with Crippen LogP contribution in [0.5, 0.6) is 0 Å². The van der Waals surface area contributed by atoms with Crippen LogP contribution in [0.2, 0.25) is 5.15 Å². The molecule has 2 heterocycles. The zero-order valence-corrected chi connectivity index (χ0v) is 21.1. The van der Waals surface area contributed by atoms with E-state index in [0.29, 0.717) is 5.15 Å². The number of halogens is 1. The molecule has 9 heteroatoms. The number of aromatic nitrogens is 2. The third kappa shape index (κ3) is 8.37. The second kappa shape index (κ2) is 13.6. The van der Waals surface area contributed by atoms with E-state index < -0.39 is 0 Å². The molecule has 1 saturated heterocycles. The summed E-state index contributed by atoms with van der Waals surface area (Å²) in [5, 5.41) is 4.70. The summed E-state index contributed by atoms with van der Waals surface area (Å²) in [6.45, 7) is 9.75. The molecule has 1 aliphatic heterocycles. The van der Waals surface area contributed by atoms with E-state index in [1.54, 1.807) is 6.21 Å². The number of nitrogens with zero attached hydrogens (tertiary/aromatic N) is 5. The fourth-order valence-electron chi connectivity index (χ4n) is 4.16. The number of hydrazone groups is 1. The predicted molar refractivity (Wildman–Crippen MR) is 141 cm³/mol. The summed E-state index contributed by atoms with van der Waals surface area (Å²) in [4.78, 5) is 9.73. The summed E-state index contributed by atoms with van der Waals surface area (Å²) in [7, 11) is 0. The van der Waals surface area contributed by atoms with Gasteiger partial charge in [-0.05, 0) is 43.6 Å². The molecule has 0 aliphatic carbocycles. The lowest BCUT2D eigenvalue weighted by Crippen LogP contribution is -2.47. The van der Waals surface area contributed by atoms with Crippen LogP contribution < -0.4 is 11.2 Å². The van der Waals surface area contributed by atoms with Gasteiger partial charge in [0.05, 0.1) is 6.21 Å². The van der Waals surface area contributed by atoms with E-state index in [1.165, 1.54) is 5.56 Å². The highest BCUT2D eigenvalue weighted by Crippen LogP contribution is 2.18. The number of thiocarbonyl (C=S) groups is 1. The van der Waals surface area contributed by atoms with Crippen LogP contribution >= 0.6 is 23.8 Å². The molecule has 1 aromatic carbocycles. The Morgan fingerprint density at radius 2 is 1.79 bits per heavy atom. The van der Waals surface area contributed by atoms with E-state index in [4.69, 9.17) is 29.6 Å². The standard InChI is InChI=1S/C24H36ClN7S/c1-2-3-10-22-28-23(25)21(19-27-29-24(26)33)32(22)13-7-12-30-15-17-31(18-16-30)14-11-20-8-5-4-6-9-20/h4-6,8-9,19H,2-3,7,10-18H2,1H3,(H3,26,29,33)/b27-19+. The van der Waals surface area contributed by atoms with E-state index >= 15 is 0 Å². The molecule has 180 valence electrons. The molecule has 7 nitrogen and oxygen atoms in total. The van der Waals surface area contributed by atoms with Gasteiger partial charge in [-0.3, -0.25) is 5.43 Å². The van der Waals surface area contributed by atoms with Gasteiger partial charge in [0.2, 0.25) is 0 Å². The Balaban J connectivity index is 1.48. The van der Waals surface area contributed by atoms with Crippen molar-refractivity contribution in [1.29, 1.82) is 0 Å². The van der Waals surface area contributed by atoms with Gasteiger partial charge < -0.3 is 20.1 Å². The molecule has 0 amide bonds. The largest absolute Gasteiger partial charge is 0.375 e. The Kier molecular flexibility index (Phi) is 10.6. The molecule has 0 spiro atoms. The molecule has 3 rings (SSSR count). The first-order chi connectivity index (χ1) is 16.1. The van der Waals surface area contributed by atoms with Gasteiger partial charge in [0.1, 0.15) is 11.5 Å². The van der Waals surface area contributed by atoms with Crippen molar-refractivity contribution >= 4 is 35.1 Å². The molecule has 1 aromatic heterocycles. The van der Waals surface area contributed by atoms with Crippen LogP contribution in [0.25, 0.3) is 0 Å². The molecule has 0 atom stereocenters. The number of nitrogens with two attached hydrogens (primary N) is 1. The molecular formula is C24H36ClN7S. The van der Waals surface area contributed by atoms with Gasteiger partial charge >= 0.3 is 0 Å². The predicted octanol–water partition coefficient (Wildman–Crippen LogP) is 3.30. The zero-order valence-electron chi connectivity index (χ0n) is 19.5. The van der Waals surface area contributed by atoms with Crippen molar-refractivity contribution in [2.45, 2.75) is 45.6 Å². The van der Waals surface area contributed by atoms with Crippen LogP contribution in [0.15, 0.2) is 35.4 Å². The number of unbranched alkanes of at least 4 members (excludes halogenated alkanes) is 1. The Morgan fingerprint density at radius 3 is 2.45 bits per heavy atom. The highest BCUT2D eigenvalue weighted by atomic mass is 35.5. The van der Waals surface area contributed by atoms with Gasteiger partial charge in [-0.25, -0.2) is 4.98 Å². The number of nitrogens with one attached hydrogen (secondary N) is 1. The van der Waals surface area contributed by atoms with E-state index in [2.05, 4.69) is 67.1 Å². The highest BCUT2D eigenvalue weighted by Gasteiger charge is 2.18. The normalized spacial score (nSPS) is 15.3. The lowest BCUT2D eigenvalue weighted by atomic mass is 10.1. The maximum Gasteiger partial charge on any atom is 0.184 e. The topological polar surface area (TPSA) is 74.7 Å². The Bertz CT molecular complexity index is 892. The minimum absolute atomic E-state index is 0.127. The maximum atomic E-state index is 6.43. The van der Waals surface area contributed by atoms with Crippen LogP contribution in [0, 0.1) is 0 Å². The van der Waals surface area contributed by atoms with Gasteiger partial charge in [0.25, 0.3) is 0 Å². The molecule has 0 radical (unpaired) electrons. The van der Waals surface area contributed by atoms with Crippen molar-refractivity contribution in [3.05, 3.63) is 52.6 Å². The third-order valence-corrected chi connectivity index (χ3v) is 6.41. The van der Waals surface area contributed by atoms with E-state index in [1.807, 2.05) is 0 Å². The maximum absolute atomic E-state index is 6.43. The Morgan fingerprint density at radius 1 is 1.09 bits per heavy atom. The monoisotopic (exact) mass is 489 g/mol. The summed E-state index contributed by atoms with van der Waals surface area (Å²) in [6, 6.07) is 10.7. The third-order valence-electron chi connectivity index (χ3n) is 6.04. The molecule has 0 bridgehead atoms. The smallest absolute Gasteiger partial charge is 0.184 e. The van der Waals surface area contributed by atoms with E-state index in [0.717, 1.165) is 89.4 Å². The number of hydrogen-bond acceptors (Lipinski definition) is 5. The number of rotatable bonds is 12. The minimum Gasteiger partial charge on any atom is -0.375 e. The van der Waals surface area contributed by atoms with Crippen molar-refractivity contribution in [2.75, 3.05) is 39.3 Å². The van der Waals surface area contributed by atoms with Crippen molar-refractivity contribution in [3.63, 3.8) is 0 Å². The van der Waals surface area contributed by atoms with Crippen LogP contribution in [0.4, 0.5) is 0 Å². The molecule has 1 aliphatic rings. The van der Waals surface area contributed by atoms with E-state index in [-0.39, 0.29) is 5.11 Å². The first-order valence-corrected chi connectivity index (χ1v) is 12.7. The molecule has 0 unspecified atom stereocenters. The molecule has 2 aromatic rings. The number of aryl methyl sites for hydroxylation is 1. The van der Waals surface area contributed by atoms with Crippen molar-refractivity contribution in [1.82, 2.24) is 24.8 Å². The summed E-state index contributed by atoms with van der Waals surface area (Å²) in [5.41, 5.74) is 10.3. The van der Waals surface area contributed by atoms with Crippen molar-refractivity contribution < 1.29 is 0 Å². The van der Waals surface area contributed by atoms with Gasteiger partial charge in [-0.2, -0.15) is 5.10 Å². The van der Waals surface area contributed by atoms with Crippen LogP contribution in [0.1, 0.15) is 43.3 Å². The second-order valence-corrected chi connectivity index (χ2v) is 9.26. The van der Waals surface area contributed by atoms with Crippen LogP contribution in [-0.2, 0) is 19.4 Å². The quantitative estimate of drug-likeness (QED) is 0.271. The number of imidazole rings is 1. The number of piperazine rings is 1. The minimum atomic E-state index is 0.127. The average molecular weight is 490 g/mol. The summed E-state index contributed by atoms with van der Waals surface area (Å²) in [5.74, 6) is 1.02. The van der Waals surface area contributed by atoms with Gasteiger partial charge in [0.15, 0.2) is 10.3 Å². The van der Waals surface area contributed by atoms with Crippen molar-refractivity contribution in [3.8, 4) is 0 Å². The van der Waals surface area contributed by atoms with E-state index in [9.17, 15) is 0 Å². The van der Waals surface area contributed by atoms with Gasteiger partial charge in [-0.1, -0.05) is 55.3 Å². The fraction of sp³-hybridized carbons (Fsp3) is 0.542. The molecular weight excluding hydrogens is 454 g/mol. The average Bonchev–Trinajstić information content (AvgIpc) is 3.12. The summed E-state index contributed by atoms with van der Waals surface area (Å²) in [6.07, 6.45) is 6.93. The highest BCUT2D eigenvalue weighted by molar-refractivity contribution is 7.80. The molecule has 1 fully saturated rings. The van der Waals surface area contributed by atoms with Gasteiger partial charge in [-0.15, -0.1) is 0 Å². The van der Waals surface area contributed by atoms with Crippen LogP contribution in [0.3, 0.4) is 0 Å². The summed E-state index contributed by atoms with van der Waals surface area (Å²) < 4.78 is 2.19. The Labute approximate surface area is 208 Å². The Hall–Kier alpha value is -2.00. The lowest BCUT2D eigenvalue weighted by Gasteiger charge is -2.34. The molecule has 3 N–H and O–H groups in total. The lowest BCUT2D eigenvalue weighted by molar-refractivity contribution is 0.131. The second-order valence-electron chi connectivity index (χ2n) is 8.47. The zero-order chi connectivity index (χ0) is 23.5. The van der Waals surface area contributed by atoms with Gasteiger partial charge in [0, 0.05) is 45.7 Å². The van der Waals surface area contributed by atoms with Crippen LogP contribution in [-0.4, -0.2) is 69.9 Å². The first kappa shape index (κ1) is 25.6. The molecule has 33 heavy (non-hydrogen) atoms. The van der Waals surface area contributed by atoms with Crippen molar-refractivity contribution in [2.24, 2.45) is 10.8 Å². The SMILES string of the molecule is CCCCc1nc(Cl)c(/C=N/NC(N)=S)n1CCCN1CCN(CCc2ccccc2)CC1. The fourth-order valence-corrected chi connectivity index (χ4v) is 4.46. The molecule has 0 saturated carbocycles. The summed E-state index contributed by atoms with van der Waals surface area (Å²) >= 11 is 11.3. The number of benzene rings is 1. The first-order valence-electron chi connectivity index (χ1n) is 11.9.